The molecule has 0 heterocycles. The smallest absolute Gasteiger partial charge is 0.158 e. The first-order valence-electron chi connectivity index (χ1n) is 7.39. The lowest BCUT2D eigenvalue weighted by molar-refractivity contribution is -0.120. The fourth-order valence-electron chi connectivity index (χ4n) is 2.96. The normalized spacial score (nSPS) is 25.7. The van der Waals surface area contributed by atoms with Crippen molar-refractivity contribution in [3.8, 4) is 6.07 Å². The Balaban J connectivity index is 1.95. The van der Waals surface area contributed by atoms with Crippen LogP contribution in [0.2, 0.25) is 0 Å². The number of nitriles is 1. The summed E-state index contributed by atoms with van der Waals surface area (Å²) in [7, 11) is 1.74. The summed E-state index contributed by atoms with van der Waals surface area (Å²) in [5.41, 5.74) is 1.58. The average molecular weight is 283 g/mol. The summed E-state index contributed by atoms with van der Waals surface area (Å²) >= 11 is 0. The van der Waals surface area contributed by atoms with Gasteiger partial charge in [0.1, 0.15) is 0 Å². The summed E-state index contributed by atoms with van der Waals surface area (Å²) in [6.07, 6.45) is 6.55. The second-order valence-corrected chi connectivity index (χ2v) is 5.73. The molecule has 0 amide bonds. The summed E-state index contributed by atoms with van der Waals surface area (Å²) in [6.45, 7) is 2.15. The Hall–Kier alpha value is -1.92. The summed E-state index contributed by atoms with van der Waals surface area (Å²) < 4.78 is 5.43. The van der Waals surface area contributed by atoms with Crippen molar-refractivity contribution in [2.24, 2.45) is 11.8 Å². The van der Waals surface area contributed by atoms with Crippen LogP contribution >= 0.6 is 0 Å². The molecule has 1 fully saturated rings. The van der Waals surface area contributed by atoms with Gasteiger partial charge in [-0.15, -0.1) is 0 Å². The molecule has 1 aliphatic rings. The highest BCUT2D eigenvalue weighted by atomic mass is 16.5. The Labute approximate surface area is 126 Å². The molecule has 2 rings (SSSR count). The molecule has 0 radical (unpaired) electrons. The van der Waals surface area contributed by atoms with Gasteiger partial charge in [0.2, 0.25) is 0 Å². The molecule has 0 aliphatic heterocycles. The van der Waals surface area contributed by atoms with Crippen LogP contribution in [0.15, 0.2) is 30.3 Å². The van der Waals surface area contributed by atoms with Gasteiger partial charge in [0.25, 0.3) is 0 Å². The van der Waals surface area contributed by atoms with Crippen molar-refractivity contribution in [2.45, 2.75) is 32.3 Å². The predicted molar refractivity (Wildman–Crippen MR) is 82.5 cm³/mol. The molecule has 0 spiro atoms. The number of allylic oxidation sites excluding steroid dienone is 1. The summed E-state index contributed by atoms with van der Waals surface area (Å²) in [6, 6.07) is 9.31. The fraction of sp³-hybridized carbons (Fsp3) is 0.444. The third-order valence-electron chi connectivity index (χ3n) is 4.28. The van der Waals surface area contributed by atoms with Gasteiger partial charge in [0, 0.05) is 13.0 Å². The maximum absolute atomic E-state index is 12.3. The Morgan fingerprint density at radius 3 is 2.62 bits per heavy atom. The number of ether oxygens (including phenoxy) is 1. The van der Waals surface area contributed by atoms with Crippen LogP contribution in [0.3, 0.4) is 0 Å². The highest BCUT2D eigenvalue weighted by Gasteiger charge is 2.30. The zero-order valence-corrected chi connectivity index (χ0v) is 12.6. The Bertz CT molecular complexity index is 554. The minimum Gasteiger partial charge on any atom is -0.381 e. The average Bonchev–Trinajstić information content (AvgIpc) is 2.53. The Morgan fingerprint density at radius 2 is 2.05 bits per heavy atom. The maximum atomic E-state index is 12.3. The van der Waals surface area contributed by atoms with E-state index in [-0.39, 0.29) is 17.8 Å². The van der Waals surface area contributed by atoms with E-state index in [4.69, 9.17) is 10.00 Å². The third-order valence-corrected chi connectivity index (χ3v) is 4.28. The number of carbonyl (C=O) groups is 1. The van der Waals surface area contributed by atoms with E-state index in [0.717, 1.165) is 24.8 Å². The largest absolute Gasteiger partial charge is 0.381 e. The van der Waals surface area contributed by atoms with E-state index in [1.54, 1.807) is 25.3 Å². The van der Waals surface area contributed by atoms with Crippen molar-refractivity contribution in [3.63, 3.8) is 0 Å². The van der Waals surface area contributed by atoms with Gasteiger partial charge in [-0.05, 0) is 49.0 Å². The lowest BCUT2D eigenvalue weighted by Crippen LogP contribution is -2.31. The molecular formula is C18H21NO2. The van der Waals surface area contributed by atoms with Crippen molar-refractivity contribution in [1.82, 2.24) is 0 Å². The minimum atomic E-state index is 0.112. The third kappa shape index (κ3) is 4.03. The molecule has 1 aromatic rings. The molecule has 0 bridgehead atoms. The van der Waals surface area contributed by atoms with Crippen molar-refractivity contribution in [3.05, 3.63) is 41.5 Å². The highest BCUT2D eigenvalue weighted by molar-refractivity contribution is 5.95. The van der Waals surface area contributed by atoms with Crippen LogP contribution < -0.4 is 0 Å². The van der Waals surface area contributed by atoms with Crippen molar-refractivity contribution >= 4 is 11.9 Å². The second kappa shape index (κ2) is 7.19. The lowest BCUT2D eigenvalue weighted by Gasteiger charge is -2.31. The number of hydrogen-bond donors (Lipinski definition) is 0. The quantitative estimate of drug-likeness (QED) is 0.793. The van der Waals surface area contributed by atoms with E-state index in [0.29, 0.717) is 11.5 Å². The predicted octanol–water partition coefficient (Wildman–Crippen LogP) is 3.59. The molecule has 1 saturated carbocycles. The number of carbonyl (C=O) groups excluding carboxylic acids is 1. The van der Waals surface area contributed by atoms with Crippen LogP contribution in [0, 0.1) is 23.2 Å². The topological polar surface area (TPSA) is 50.1 Å². The molecule has 0 aromatic heterocycles. The number of ketones is 1. The van der Waals surface area contributed by atoms with Gasteiger partial charge < -0.3 is 4.74 Å². The number of nitrogens with zero attached hydrogens (tertiary/aromatic N) is 1. The summed E-state index contributed by atoms with van der Waals surface area (Å²) in [4.78, 5) is 12.3. The Morgan fingerprint density at radius 1 is 1.33 bits per heavy atom. The van der Waals surface area contributed by atoms with Gasteiger partial charge >= 0.3 is 0 Å². The first-order chi connectivity index (χ1) is 10.1. The first-order valence-corrected chi connectivity index (χ1v) is 7.39. The molecule has 3 nitrogen and oxygen atoms in total. The molecule has 110 valence electrons. The van der Waals surface area contributed by atoms with E-state index < -0.39 is 0 Å². The van der Waals surface area contributed by atoms with Gasteiger partial charge in [-0.1, -0.05) is 25.1 Å². The number of hydrogen-bond acceptors (Lipinski definition) is 3. The summed E-state index contributed by atoms with van der Waals surface area (Å²) in [5, 5.41) is 8.75. The van der Waals surface area contributed by atoms with E-state index in [9.17, 15) is 4.79 Å². The van der Waals surface area contributed by atoms with Crippen LogP contribution in [-0.4, -0.2) is 19.0 Å². The van der Waals surface area contributed by atoms with Crippen LogP contribution in [0.1, 0.15) is 37.3 Å². The molecule has 3 atom stereocenters. The zero-order chi connectivity index (χ0) is 15.2. The van der Waals surface area contributed by atoms with Gasteiger partial charge in [-0.25, -0.2) is 0 Å². The monoisotopic (exact) mass is 283 g/mol. The van der Waals surface area contributed by atoms with E-state index in [2.05, 4.69) is 13.0 Å². The number of rotatable bonds is 4. The SMILES string of the molecule is CO[C@@H]1CCC(C(=O)/C=C/c2ccc(C#N)cc2)CC1C. The molecule has 0 saturated heterocycles. The van der Waals surface area contributed by atoms with E-state index >= 15 is 0 Å². The molecule has 1 aromatic carbocycles. The van der Waals surface area contributed by atoms with Gasteiger partial charge in [-0.3, -0.25) is 4.79 Å². The van der Waals surface area contributed by atoms with Crippen molar-refractivity contribution < 1.29 is 9.53 Å². The molecule has 2 unspecified atom stereocenters. The number of benzene rings is 1. The molecular weight excluding hydrogens is 262 g/mol. The van der Waals surface area contributed by atoms with Gasteiger partial charge in [0.15, 0.2) is 5.78 Å². The lowest BCUT2D eigenvalue weighted by atomic mass is 9.78. The molecule has 1 aliphatic carbocycles. The number of methoxy groups -OCH3 is 1. The molecule has 0 N–H and O–H groups in total. The van der Waals surface area contributed by atoms with Crippen molar-refractivity contribution in [2.75, 3.05) is 7.11 Å². The Kier molecular flexibility index (Phi) is 5.30. The van der Waals surface area contributed by atoms with E-state index in [1.165, 1.54) is 0 Å². The molecule has 3 heteroatoms. The van der Waals surface area contributed by atoms with Gasteiger partial charge in [0.05, 0.1) is 17.7 Å². The highest BCUT2D eigenvalue weighted by Crippen LogP contribution is 2.31. The minimum absolute atomic E-state index is 0.112. The van der Waals surface area contributed by atoms with Crippen LogP contribution in [0.25, 0.3) is 6.08 Å². The first kappa shape index (κ1) is 15.5. The van der Waals surface area contributed by atoms with E-state index in [1.807, 2.05) is 18.2 Å². The van der Waals surface area contributed by atoms with Gasteiger partial charge in [-0.2, -0.15) is 5.26 Å². The summed E-state index contributed by atoms with van der Waals surface area (Å²) in [5.74, 6) is 0.739. The zero-order valence-electron chi connectivity index (χ0n) is 12.6. The standard InChI is InChI=1S/C18H21NO2/c1-13-11-16(8-10-18(13)21-2)17(20)9-7-14-3-5-15(12-19)6-4-14/h3-7,9,13,16,18H,8,10-11H2,1-2H3/b9-7+/t13?,16?,18-/m1/s1. The maximum Gasteiger partial charge on any atom is 0.158 e. The van der Waals surface area contributed by atoms with Crippen LogP contribution in [0.4, 0.5) is 0 Å². The molecule has 21 heavy (non-hydrogen) atoms. The van der Waals surface area contributed by atoms with Crippen LogP contribution in [-0.2, 0) is 9.53 Å². The fourth-order valence-corrected chi connectivity index (χ4v) is 2.96. The van der Waals surface area contributed by atoms with Crippen LogP contribution in [0.5, 0.6) is 0 Å². The van der Waals surface area contributed by atoms with Crippen molar-refractivity contribution in [1.29, 1.82) is 5.26 Å². The second-order valence-electron chi connectivity index (χ2n) is 5.73.